The zero-order valence-corrected chi connectivity index (χ0v) is 10.9. The van der Waals surface area contributed by atoms with E-state index in [1.165, 1.54) is 18.2 Å². The van der Waals surface area contributed by atoms with Gasteiger partial charge in [0.15, 0.2) is 0 Å². The Kier molecular flexibility index (Phi) is 3.96. The molecule has 0 spiro atoms. The van der Waals surface area contributed by atoms with Crippen LogP contribution in [-0.4, -0.2) is 0 Å². The van der Waals surface area contributed by atoms with Crippen LogP contribution >= 0.6 is 15.9 Å². The molecule has 0 aliphatic rings. The molecule has 0 aromatic heterocycles. The molecule has 18 heavy (non-hydrogen) atoms. The van der Waals surface area contributed by atoms with E-state index in [1.54, 1.807) is 6.07 Å². The molecular weight excluding hydrogens is 297 g/mol. The fourth-order valence-electron chi connectivity index (χ4n) is 1.51. The molecule has 0 atom stereocenters. The van der Waals surface area contributed by atoms with Crippen molar-refractivity contribution in [2.75, 3.05) is 0 Å². The summed E-state index contributed by atoms with van der Waals surface area (Å²) in [6.45, 7) is 0.156. The second kappa shape index (κ2) is 5.65. The van der Waals surface area contributed by atoms with E-state index in [1.807, 2.05) is 24.3 Å². The van der Waals surface area contributed by atoms with Crippen LogP contribution in [0, 0.1) is 17.1 Å². The van der Waals surface area contributed by atoms with E-state index in [-0.39, 0.29) is 12.4 Å². The maximum Gasteiger partial charge on any atom is 0.133 e. The third-order valence-corrected chi connectivity index (χ3v) is 3.06. The molecular formula is C14H9BrFNO. The predicted molar refractivity (Wildman–Crippen MR) is 69.6 cm³/mol. The molecule has 0 amide bonds. The molecule has 2 aromatic carbocycles. The van der Waals surface area contributed by atoms with Crippen LogP contribution in [0.3, 0.4) is 0 Å². The molecule has 0 saturated heterocycles. The summed E-state index contributed by atoms with van der Waals surface area (Å²) in [6, 6.07) is 13.4. The fraction of sp³-hybridized carbons (Fsp3) is 0.0714. The van der Waals surface area contributed by atoms with Gasteiger partial charge in [-0.2, -0.15) is 5.26 Å². The Morgan fingerprint density at radius 2 is 2.00 bits per heavy atom. The van der Waals surface area contributed by atoms with E-state index in [2.05, 4.69) is 15.9 Å². The van der Waals surface area contributed by atoms with Crippen molar-refractivity contribution < 1.29 is 9.13 Å². The van der Waals surface area contributed by atoms with Gasteiger partial charge in [0.25, 0.3) is 0 Å². The second-order valence-electron chi connectivity index (χ2n) is 3.63. The Hall–Kier alpha value is -1.86. The van der Waals surface area contributed by atoms with Gasteiger partial charge in [0.05, 0.1) is 16.1 Å². The summed E-state index contributed by atoms with van der Waals surface area (Å²) >= 11 is 3.36. The van der Waals surface area contributed by atoms with Gasteiger partial charge in [-0.3, -0.25) is 0 Å². The quantitative estimate of drug-likeness (QED) is 0.857. The highest BCUT2D eigenvalue weighted by molar-refractivity contribution is 9.10. The minimum absolute atomic E-state index is 0.156. The maximum atomic E-state index is 13.1. The topological polar surface area (TPSA) is 33.0 Å². The van der Waals surface area contributed by atoms with Crippen molar-refractivity contribution in [3.63, 3.8) is 0 Å². The number of halogens is 2. The van der Waals surface area contributed by atoms with Crippen LogP contribution in [-0.2, 0) is 6.61 Å². The van der Waals surface area contributed by atoms with Crippen molar-refractivity contribution >= 4 is 15.9 Å². The Morgan fingerprint density at radius 3 is 2.72 bits per heavy atom. The first-order valence-electron chi connectivity index (χ1n) is 5.26. The average molecular weight is 306 g/mol. The number of hydrogen-bond acceptors (Lipinski definition) is 2. The Bertz CT molecular complexity index is 607. The number of nitriles is 1. The standard InChI is InChI=1S/C14H9BrFNO/c15-13-3-1-2-4-14(13)18-9-11-7-12(16)6-5-10(11)8-17/h1-7H,9H2. The van der Waals surface area contributed by atoms with Gasteiger partial charge >= 0.3 is 0 Å². The molecule has 0 bridgehead atoms. The molecule has 4 heteroatoms. The molecule has 0 aliphatic heterocycles. The van der Waals surface area contributed by atoms with Crippen molar-refractivity contribution in [2.24, 2.45) is 0 Å². The summed E-state index contributed by atoms with van der Waals surface area (Å²) in [6.07, 6.45) is 0. The zero-order chi connectivity index (χ0) is 13.0. The van der Waals surface area contributed by atoms with Crippen molar-refractivity contribution in [3.05, 3.63) is 63.9 Å². The van der Waals surface area contributed by atoms with Gasteiger partial charge in [-0.25, -0.2) is 4.39 Å². The Balaban J connectivity index is 2.18. The summed E-state index contributed by atoms with van der Waals surface area (Å²) in [5.41, 5.74) is 0.955. The first-order chi connectivity index (χ1) is 8.70. The van der Waals surface area contributed by atoms with Gasteiger partial charge < -0.3 is 4.74 Å². The van der Waals surface area contributed by atoms with E-state index in [4.69, 9.17) is 10.00 Å². The molecule has 2 nitrogen and oxygen atoms in total. The molecule has 0 fully saturated rings. The number of rotatable bonds is 3. The van der Waals surface area contributed by atoms with Crippen LogP contribution < -0.4 is 4.74 Å². The first kappa shape index (κ1) is 12.6. The van der Waals surface area contributed by atoms with Crippen LogP contribution in [0.5, 0.6) is 5.75 Å². The highest BCUT2D eigenvalue weighted by atomic mass is 79.9. The largest absolute Gasteiger partial charge is 0.488 e. The second-order valence-corrected chi connectivity index (χ2v) is 4.49. The predicted octanol–water partition coefficient (Wildman–Crippen LogP) is 4.04. The summed E-state index contributed by atoms with van der Waals surface area (Å²) in [5.74, 6) is 0.283. The highest BCUT2D eigenvalue weighted by Gasteiger charge is 2.06. The van der Waals surface area contributed by atoms with Gasteiger partial charge in [0, 0.05) is 5.56 Å². The van der Waals surface area contributed by atoms with Gasteiger partial charge in [0.2, 0.25) is 0 Å². The zero-order valence-electron chi connectivity index (χ0n) is 9.36. The third kappa shape index (κ3) is 2.88. The normalized spacial score (nSPS) is 9.83. The van der Waals surface area contributed by atoms with Crippen molar-refractivity contribution in [3.8, 4) is 11.8 Å². The van der Waals surface area contributed by atoms with Crippen molar-refractivity contribution in [1.29, 1.82) is 5.26 Å². The van der Waals surface area contributed by atoms with E-state index in [0.717, 1.165) is 4.47 Å². The lowest BCUT2D eigenvalue weighted by Gasteiger charge is -2.09. The van der Waals surface area contributed by atoms with E-state index in [0.29, 0.717) is 16.9 Å². The number of para-hydroxylation sites is 1. The molecule has 0 radical (unpaired) electrons. The van der Waals surface area contributed by atoms with Crippen LogP contribution in [0.25, 0.3) is 0 Å². The molecule has 2 rings (SSSR count). The molecule has 0 aliphatic carbocycles. The molecule has 0 heterocycles. The van der Waals surface area contributed by atoms with Crippen molar-refractivity contribution in [1.82, 2.24) is 0 Å². The highest BCUT2D eigenvalue weighted by Crippen LogP contribution is 2.25. The lowest BCUT2D eigenvalue weighted by Crippen LogP contribution is -1.99. The van der Waals surface area contributed by atoms with Crippen LogP contribution in [0.2, 0.25) is 0 Å². The minimum Gasteiger partial charge on any atom is -0.488 e. The van der Waals surface area contributed by atoms with E-state index >= 15 is 0 Å². The van der Waals surface area contributed by atoms with Crippen LogP contribution in [0.1, 0.15) is 11.1 Å². The lowest BCUT2D eigenvalue weighted by molar-refractivity contribution is 0.303. The monoisotopic (exact) mass is 305 g/mol. The van der Waals surface area contributed by atoms with Crippen molar-refractivity contribution in [2.45, 2.75) is 6.61 Å². The lowest BCUT2D eigenvalue weighted by atomic mass is 10.1. The number of hydrogen-bond donors (Lipinski definition) is 0. The fourth-order valence-corrected chi connectivity index (χ4v) is 1.91. The number of benzene rings is 2. The van der Waals surface area contributed by atoms with Gasteiger partial charge in [-0.1, -0.05) is 12.1 Å². The molecule has 2 aromatic rings. The van der Waals surface area contributed by atoms with Gasteiger partial charge in [0.1, 0.15) is 18.2 Å². The van der Waals surface area contributed by atoms with E-state index < -0.39 is 0 Å². The summed E-state index contributed by atoms with van der Waals surface area (Å²) in [4.78, 5) is 0. The summed E-state index contributed by atoms with van der Waals surface area (Å²) in [5, 5.41) is 8.92. The molecule has 0 unspecified atom stereocenters. The number of nitrogens with zero attached hydrogens (tertiary/aromatic N) is 1. The van der Waals surface area contributed by atoms with Gasteiger partial charge in [-0.05, 0) is 46.3 Å². The molecule has 0 N–H and O–H groups in total. The average Bonchev–Trinajstić information content (AvgIpc) is 2.38. The van der Waals surface area contributed by atoms with E-state index in [9.17, 15) is 4.39 Å². The SMILES string of the molecule is N#Cc1ccc(F)cc1COc1ccccc1Br. The maximum absolute atomic E-state index is 13.1. The summed E-state index contributed by atoms with van der Waals surface area (Å²) in [7, 11) is 0. The molecule has 0 saturated carbocycles. The minimum atomic E-state index is -0.375. The Morgan fingerprint density at radius 1 is 1.22 bits per heavy atom. The Labute approximate surface area is 113 Å². The first-order valence-corrected chi connectivity index (χ1v) is 6.06. The molecule has 90 valence electrons. The van der Waals surface area contributed by atoms with Crippen LogP contribution in [0.15, 0.2) is 46.9 Å². The summed E-state index contributed by atoms with van der Waals surface area (Å²) < 4.78 is 19.5. The number of ether oxygens (including phenoxy) is 1. The third-order valence-electron chi connectivity index (χ3n) is 2.41. The van der Waals surface area contributed by atoms with Crippen LogP contribution in [0.4, 0.5) is 4.39 Å². The van der Waals surface area contributed by atoms with Gasteiger partial charge in [-0.15, -0.1) is 0 Å². The smallest absolute Gasteiger partial charge is 0.133 e.